The maximum atomic E-state index is 14.8. The molecule has 0 saturated carbocycles. The highest BCUT2D eigenvalue weighted by molar-refractivity contribution is 9.10. The molecule has 1 N–H and O–H groups in total. The monoisotopic (exact) mass is 686 g/mol. The quantitative estimate of drug-likeness (QED) is 0.223. The molecule has 41 heavy (non-hydrogen) atoms. The Bertz CT molecular complexity index is 1790. The van der Waals surface area contributed by atoms with Crippen LogP contribution in [0, 0.1) is 5.92 Å². The zero-order valence-electron chi connectivity index (χ0n) is 21.4. The number of rotatable bonds is 4. The molecule has 1 amide bonds. The standard InChI is InChI=1S/C33H21Br2ClN2O3/c34-21-10-5-18(6-11-21)29(39)28-27-15-9-20-17-23(36)14-16-26(20)38(27)31(30(40)19-7-12-22(35)13-8-19)33(28)24-3-1-2-4-25(24)37-32(33)41/h1-17,27-28,31H,(H,37,41)/t27-,28-,31+,33+/m1/s1. The summed E-state index contributed by atoms with van der Waals surface area (Å²) in [7, 11) is 0. The van der Waals surface area contributed by atoms with E-state index in [1.165, 1.54) is 0 Å². The zero-order valence-corrected chi connectivity index (χ0v) is 25.3. The number of nitrogens with zero attached hydrogens (tertiary/aromatic N) is 1. The van der Waals surface area contributed by atoms with Crippen LogP contribution in [0.5, 0.6) is 0 Å². The first-order chi connectivity index (χ1) is 19.8. The van der Waals surface area contributed by atoms with Gasteiger partial charge in [-0.2, -0.15) is 0 Å². The molecule has 1 spiro atoms. The van der Waals surface area contributed by atoms with E-state index in [0.717, 1.165) is 20.2 Å². The van der Waals surface area contributed by atoms with Crippen LogP contribution in [0.4, 0.5) is 11.4 Å². The van der Waals surface area contributed by atoms with E-state index in [1.807, 2.05) is 77.7 Å². The van der Waals surface area contributed by atoms with Gasteiger partial charge in [-0.05, 0) is 59.7 Å². The van der Waals surface area contributed by atoms with Crippen molar-refractivity contribution < 1.29 is 14.4 Å². The van der Waals surface area contributed by atoms with Crippen molar-refractivity contribution in [3.63, 3.8) is 0 Å². The fourth-order valence-corrected chi connectivity index (χ4v) is 7.44. The Morgan fingerprint density at radius 3 is 2.15 bits per heavy atom. The molecule has 0 unspecified atom stereocenters. The minimum atomic E-state index is -1.50. The molecule has 4 aromatic rings. The summed E-state index contributed by atoms with van der Waals surface area (Å²) in [4.78, 5) is 45.8. The van der Waals surface area contributed by atoms with Gasteiger partial charge in [-0.3, -0.25) is 14.4 Å². The number of nitrogens with one attached hydrogen (secondary N) is 1. The number of hydrogen-bond donors (Lipinski definition) is 1. The summed E-state index contributed by atoms with van der Waals surface area (Å²) in [5, 5.41) is 3.59. The van der Waals surface area contributed by atoms with Crippen molar-refractivity contribution in [3.8, 4) is 0 Å². The molecular weight excluding hydrogens is 668 g/mol. The van der Waals surface area contributed by atoms with Crippen molar-refractivity contribution in [1.82, 2.24) is 0 Å². The van der Waals surface area contributed by atoms with Crippen LogP contribution in [0.25, 0.3) is 6.08 Å². The first-order valence-corrected chi connectivity index (χ1v) is 15.0. The van der Waals surface area contributed by atoms with Crippen LogP contribution in [0.15, 0.2) is 106 Å². The van der Waals surface area contributed by atoms with E-state index >= 15 is 0 Å². The number of para-hydroxylation sites is 1. The van der Waals surface area contributed by atoms with E-state index in [2.05, 4.69) is 37.2 Å². The van der Waals surface area contributed by atoms with Gasteiger partial charge in [0.2, 0.25) is 5.91 Å². The molecule has 0 bridgehead atoms. The highest BCUT2D eigenvalue weighted by atomic mass is 79.9. The molecule has 5 nitrogen and oxygen atoms in total. The van der Waals surface area contributed by atoms with Crippen molar-refractivity contribution in [2.24, 2.45) is 5.92 Å². The number of benzene rings is 4. The normalized spacial score (nSPS) is 23.6. The number of ketones is 2. The van der Waals surface area contributed by atoms with Gasteiger partial charge in [0.15, 0.2) is 11.6 Å². The van der Waals surface area contributed by atoms with Gasteiger partial charge in [-0.25, -0.2) is 0 Å². The molecule has 3 aliphatic rings. The van der Waals surface area contributed by atoms with Gasteiger partial charge in [0.05, 0.1) is 12.0 Å². The Labute approximate surface area is 258 Å². The van der Waals surface area contributed by atoms with E-state index in [-0.39, 0.29) is 17.5 Å². The summed E-state index contributed by atoms with van der Waals surface area (Å²) in [6.45, 7) is 0. The van der Waals surface area contributed by atoms with Gasteiger partial charge in [-0.15, -0.1) is 0 Å². The van der Waals surface area contributed by atoms with Crippen molar-refractivity contribution in [1.29, 1.82) is 0 Å². The number of carbonyl (C=O) groups excluding carboxylic acids is 3. The third kappa shape index (κ3) is 3.90. The molecule has 4 aromatic carbocycles. The Morgan fingerprint density at radius 1 is 0.829 bits per heavy atom. The zero-order chi connectivity index (χ0) is 28.5. The van der Waals surface area contributed by atoms with E-state index in [1.54, 1.807) is 30.3 Å². The summed E-state index contributed by atoms with van der Waals surface area (Å²) in [5.41, 5.74) is 2.26. The number of anilines is 2. The van der Waals surface area contributed by atoms with Crippen molar-refractivity contribution in [2.45, 2.75) is 17.5 Å². The lowest BCUT2D eigenvalue weighted by Gasteiger charge is -2.37. The number of carbonyl (C=O) groups is 3. The summed E-state index contributed by atoms with van der Waals surface area (Å²) < 4.78 is 1.67. The maximum Gasteiger partial charge on any atom is 0.238 e. The second-order valence-electron chi connectivity index (χ2n) is 10.5. The van der Waals surface area contributed by atoms with Crippen LogP contribution in [0.2, 0.25) is 5.02 Å². The Balaban J connectivity index is 1.54. The van der Waals surface area contributed by atoms with E-state index in [4.69, 9.17) is 11.6 Å². The average molecular weight is 689 g/mol. The summed E-state index contributed by atoms with van der Waals surface area (Å²) in [6, 6.07) is 25.5. The Kier molecular flexibility index (Phi) is 6.30. The molecule has 0 radical (unpaired) electrons. The summed E-state index contributed by atoms with van der Waals surface area (Å²) >= 11 is 13.3. The van der Waals surface area contributed by atoms with Crippen LogP contribution in [-0.2, 0) is 10.2 Å². The van der Waals surface area contributed by atoms with Crippen LogP contribution in [-0.4, -0.2) is 29.6 Å². The van der Waals surface area contributed by atoms with Gasteiger partial charge in [0, 0.05) is 36.5 Å². The van der Waals surface area contributed by atoms with Gasteiger partial charge in [-0.1, -0.05) is 98.1 Å². The number of hydrogen-bond acceptors (Lipinski definition) is 4. The molecule has 7 rings (SSSR count). The smallest absolute Gasteiger partial charge is 0.238 e. The Morgan fingerprint density at radius 2 is 1.46 bits per heavy atom. The molecule has 1 fully saturated rings. The second kappa shape index (κ2) is 9.79. The SMILES string of the molecule is O=C(c1ccc(Br)cc1)[C@@H]1N2c3ccc(Cl)cc3C=C[C@@H]2[C@H](C(=O)c2ccc(Br)cc2)[C@]12C(=O)Nc1ccccc12. The maximum absolute atomic E-state index is 14.8. The third-order valence-corrected chi connectivity index (χ3v) is 9.68. The van der Waals surface area contributed by atoms with Gasteiger partial charge in [0.1, 0.15) is 11.5 Å². The number of Topliss-reactive ketones (excluding diaryl/α,β-unsaturated/α-hetero) is 2. The number of halogens is 3. The molecule has 8 heteroatoms. The first kappa shape index (κ1) is 26.4. The average Bonchev–Trinajstić information content (AvgIpc) is 3.44. The van der Waals surface area contributed by atoms with Crippen LogP contribution >= 0.6 is 43.5 Å². The van der Waals surface area contributed by atoms with Crippen LogP contribution < -0.4 is 10.2 Å². The molecule has 0 aliphatic carbocycles. The first-order valence-electron chi connectivity index (χ1n) is 13.1. The lowest BCUT2D eigenvalue weighted by Crippen LogP contribution is -2.55. The molecular formula is C33H21Br2ClN2O3. The second-order valence-corrected chi connectivity index (χ2v) is 12.7. The molecule has 3 aliphatic heterocycles. The number of amides is 1. The van der Waals surface area contributed by atoms with E-state index < -0.39 is 23.4 Å². The van der Waals surface area contributed by atoms with E-state index in [9.17, 15) is 14.4 Å². The predicted molar refractivity (Wildman–Crippen MR) is 168 cm³/mol. The van der Waals surface area contributed by atoms with Crippen molar-refractivity contribution >= 4 is 78.4 Å². The lowest BCUT2D eigenvalue weighted by molar-refractivity contribution is -0.121. The van der Waals surface area contributed by atoms with Crippen molar-refractivity contribution in [3.05, 3.63) is 133 Å². The minimum absolute atomic E-state index is 0.201. The van der Waals surface area contributed by atoms with Crippen molar-refractivity contribution in [2.75, 3.05) is 10.2 Å². The van der Waals surface area contributed by atoms with Gasteiger partial charge in [0.25, 0.3) is 0 Å². The topological polar surface area (TPSA) is 66.5 Å². The largest absolute Gasteiger partial charge is 0.352 e. The lowest BCUT2D eigenvalue weighted by atomic mass is 9.63. The van der Waals surface area contributed by atoms with Gasteiger partial charge >= 0.3 is 0 Å². The molecule has 4 atom stereocenters. The number of fused-ring (bicyclic) bond motifs is 5. The minimum Gasteiger partial charge on any atom is -0.352 e. The third-order valence-electron chi connectivity index (χ3n) is 8.39. The molecule has 0 aromatic heterocycles. The fourth-order valence-electron chi connectivity index (χ4n) is 6.73. The van der Waals surface area contributed by atoms with Gasteiger partial charge < -0.3 is 10.2 Å². The Hall–Kier alpha value is -3.52. The fraction of sp³-hybridized carbons (Fsp3) is 0.121. The highest BCUT2D eigenvalue weighted by Gasteiger charge is 2.70. The summed E-state index contributed by atoms with van der Waals surface area (Å²) in [5.74, 6) is -1.69. The van der Waals surface area contributed by atoms with Crippen LogP contribution in [0.3, 0.4) is 0 Å². The molecule has 202 valence electrons. The van der Waals surface area contributed by atoms with Crippen LogP contribution in [0.1, 0.15) is 31.8 Å². The molecule has 1 saturated heterocycles. The molecule has 3 heterocycles. The highest BCUT2D eigenvalue weighted by Crippen LogP contribution is 2.58. The summed E-state index contributed by atoms with van der Waals surface area (Å²) in [6.07, 6.45) is 3.87. The van der Waals surface area contributed by atoms with E-state index in [0.29, 0.717) is 27.4 Å². The predicted octanol–water partition coefficient (Wildman–Crippen LogP) is 7.72.